The Morgan fingerprint density at radius 2 is 2.08 bits per heavy atom. The molecule has 0 unspecified atom stereocenters. The number of oxazole rings is 1. The van der Waals surface area contributed by atoms with E-state index in [0.717, 1.165) is 0 Å². The Labute approximate surface area is 140 Å². The largest absolute Gasteiger partial charge is 0.477 e. The number of nitrogens with one attached hydrogen (secondary N) is 1. The fourth-order valence-electron chi connectivity index (χ4n) is 2.48. The fraction of sp³-hybridized carbons (Fsp3) is 0.176. The van der Waals surface area contributed by atoms with E-state index in [2.05, 4.69) is 15.3 Å². The Kier molecular flexibility index (Phi) is 3.45. The van der Waals surface area contributed by atoms with Crippen molar-refractivity contribution >= 4 is 28.7 Å². The Morgan fingerprint density at radius 1 is 1.28 bits per heavy atom. The molecular formula is C17H12FN3O4. The van der Waals surface area contributed by atoms with E-state index in [0.29, 0.717) is 22.4 Å². The van der Waals surface area contributed by atoms with Crippen LogP contribution in [0.2, 0.25) is 0 Å². The fourth-order valence-corrected chi connectivity index (χ4v) is 2.48. The van der Waals surface area contributed by atoms with Crippen LogP contribution in [0.5, 0.6) is 0 Å². The predicted octanol–water partition coefficient (Wildman–Crippen LogP) is 2.88. The summed E-state index contributed by atoms with van der Waals surface area (Å²) in [6.07, 6.45) is 0.517. The molecule has 25 heavy (non-hydrogen) atoms. The van der Waals surface area contributed by atoms with Crippen molar-refractivity contribution in [1.82, 2.24) is 9.97 Å². The second kappa shape index (κ2) is 5.66. The van der Waals surface area contributed by atoms with E-state index in [-0.39, 0.29) is 23.9 Å². The maximum absolute atomic E-state index is 13.0. The number of pyridine rings is 1. The summed E-state index contributed by atoms with van der Waals surface area (Å²) in [5, 5.41) is 11.6. The van der Waals surface area contributed by atoms with E-state index in [1.807, 2.05) is 0 Å². The minimum absolute atomic E-state index is 0.0852. The van der Waals surface area contributed by atoms with Crippen LogP contribution in [-0.4, -0.2) is 33.1 Å². The number of nitrogens with zero attached hydrogens (tertiary/aromatic N) is 2. The highest BCUT2D eigenvalue weighted by Gasteiger charge is 2.43. The number of hydrogen-bond donors (Lipinski definition) is 2. The Balaban J connectivity index is 1.66. The Morgan fingerprint density at radius 3 is 2.72 bits per heavy atom. The van der Waals surface area contributed by atoms with Gasteiger partial charge in [-0.15, -0.1) is 0 Å². The van der Waals surface area contributed by atoms with Crippen molar-refractivity contribution in [2.45, 2.75) is 12.6 Å². The number of aromatic nitrogens is 2. The molecule has 2 aromatic heterocycles. The van der Waals surface area contributed by atoms with Crippen LogP contribution in [0.15, 0.2) is 40.9 Å². The van der Waals surface area contributed by atoms with Gasteiger partial charge < -0.3 is 14.8 Å². The number of amides is 1. The van der Waals surface area contributed by atoms with Gasteiger partial charge in [0.25, 0.3) is 0 Å². The first-order valence-electron chi connectivity index (χ1n) is 7.57. The quantitative estimate of drug-likeness (QED) is 0.756. The smallest absolute Gasteiger partial charge is 0.354 e. The van der Waals surface area contributed by atoms with Crippen LogP contribution in [0, 0.1) is 5.92 Å². The van der Waals surface area contributed by atoms with Gasteiger partial charge in [-0.05, 0) is 30.7 Å². The predicted molar refractivity (Wildman–Crippen MR) is 85.8 cm³/mol. The van der Waals surface area contributed by atoms with E-state index in [1.165, 1.54) is 18.3 Å². The van der Waals surface area contributed by atoms with Crippen molar-refractivity contribution in [1.29, 1.82) is 0 Å². The summed E-state index contributed by atoms with van der Waals surface area (Å²) in [7, 11) is 0. The molecular weight excluding hydrogens is 329 g/mol. The monoisotopic (exact) mass is 341 g/mol. The molecule has 1 fully saturated rings. The van der Waals surface area contributed by atoms with Crippen LogP contribution in [0.4, 0.5) is 10.1 Å². The molecule has 2 N–H and O–H groups in total. The third kappa shape index (κ3) is 2.82. The zero-order chi connectivity index (χ0) is 17.6. The maximum atomic E-state index is 13.0. The van der Waals surface area contributed by atoms with E-state index in [1.54, 1.807) is 18.2 Å². The number of anilines is 1. The van der Waals surface area contributed by atoms with Crippen LogP contribution in [0.25, 0.3) is 22.6 Å². The number of rotatable bonds is 4. The number of carbonyl (C=O) groups is 2. The molecule has 0 saturated heterocycles. The van der Waals surface area contributed by atoms with Crippen LogP contribution in [0.3, 0.4) is 0 Å². The van der Waals surface area contributed by atoms with Gasteiger partial charge in [0.2, 0.25) is 11.8 Å². The van der Waals surface area contributed by atoms with Crippen molar-refractivity contribution in [3.8, 4) is 11.5 Å². The molecule has 1 saturated carbocycles. The summed E-state index contributed by atoms with van der Waals surface area (Å²) < 4.78 is 18.7. The van der Waals surface area contributed by atoms with Gasteiger partial charge in [-0.25, -0.2) is 19.2 Å². The number of para-hydroxylation sites is 1. The van der Waals surface area contributed by atoms with Gasteiger partial charge >= 0.3 is 5.97 Å². The summed E-state index contributed by atoms with van der Waals surface area (Å²) in [5.74, 6) is -1.86. The molecule has 1 aromatic carbocycles. The maximum Gasteiger partial charge on any atom is 0.354 e. The molecule has 0 bridgehead atoms. The molecule has 7 nitrogen and oxygen atoms in total. The van der Waals surface area contributed by atoms with Crippen LogP contribution in [-0.2, 0) is 4.79 Å². The summed E-state index contributed by atoms with van der Waals surface area (Å²) in [6.45, 7) is 0. The molecule has 0 spiro atoms. The van der Waals surface area contributed by atoms with Gasteiger partial charge in [0.15, 0.2) is 5.58 Å². The number of halogens is 1. The third-order valence-electron chi connectivity index (χ3n) is 3.96. The van der Waals surface area contributed by atoms with Crippen molar-refractivity contribution in [2.75, 3.05) is 5.32 Å². The first-order valence-corrected chi connectivity index (χ1v) is 7.57. The molecule has 1 aliphatic carbocycles. The number of carboxylic acid groups (broad SMARTS) is 1. The molecule has 1 aliphatic rings. The van der Waals surface area contributed by atoms with E-state index >= 15 is 0 Å². The number of aromatic carboxylic acids is 1. The topological polar surface area (TPSA) is 105 Å². The van der Waals surface area contributed by atoms with Gasteiger partial charge in [0.1, 0.15) is 17.4 Å². The van der Waals surface area contributed by atoms with Gasteiger partial charge in [-0.3, -0.25) is 4.79 Å². The summed E-state index contributed by atoms with van der Waals surface area (Å²) in [5.41, 5.74) is 1.74. The first-order chi connectivity index (χ1) is 12.0. The number of hydrogen-bond acceptors (Lipinski definition) is 5. The molecule has 0 radical (unpaired) electrons. The molecule has 126 valence electrons. The number of fused-ring (bicyclic) bond motifs is 1. The molecule has 8 heteroatoms. The van der Waals surface area contributed by atoms with Crippen LogP contribution in [0.1, 0.15) is 16.9 Å². The molecule has 2 heterocycles. The summed E-state index contributed by atoms with van der Waals surface area (Å²) in [6, 6.07) is 7.93. The molecule has 4 rings (SSSR count). The summed E-state index contributed by atoms with van der Waals surface area (Å²) >= 11 is 0. The highest BCUT2D eigenvalue weighted by Crippen LogP contribution is 2.36. The van der Waals surface area contributed by atoms with Crippen LogP contribution < -0.4 is 5.32 Å². The van der Waals surface area contributed by atoms with Crippen molar-refractivity contribution in [3.63, 3.8) is 0 Å². The number of alkyl halides is 1. The van der Waals surface area contributed by atoms with E-state index in [9.17, 15) is 14.0 Å². The van der Waals surface area contributed by atoms with Gasteiger partial charge in [-0.2, -0.15) is 0 Å². The highest BCUT2D eigenvalue weighted by atomic mass is 19.1. The van der Waals surface area contributed by atoms with Crippen molar-refractivity contribution < 1.29 is 23.5 Å². The van der Waals surface area contributed by atoms with E-state index < -0.39 is 18.1 Å². The molecule has 2 atom stereocenters. The van der Waals surface area contributed by atoms with Gasteiger partial charge in [-0.1, -0.05) is 6.07 Å². The highest BCUT2D eigenvalue weighted by molar-refractivity contribution is 6.01. The lowest BCUT2D eigenvalue weighted by atomic mass is 10.2. The number of carbonyl (C=O) groups excluding carboxylic acids is 1. The van der Waals surface area contributed by atoms with Gasteiger partial charge in [0, 0.05) is 6.20 Å². The minimum Gasteiger partial charge on any atom is -0.477 e. The Hall–Kier alpha value is -3.29. The second-order valence-electron chi connectivity index (χ2n) is 5.76. The zero-order valence-corrected chi connectivity index (χ0v) is 12.8. The van der Waals surface area contributed by atoms with Crippen LogP contribution >= 0.6 is 0 Å². The first kappa shape index (κ1) is 15.3. The normalized spacial score (nSPS) is 18.9. The minimum atomic E-state index is -1.12. The number of carboxylic acids is 1. The second-order valence-corrected chi connectivity index (χ2v) is 5.76. The molecule has 0 aliphatic heterocycles. The number of benzene rings is 1. The van der Waals surface area contributed by atoms with E-state index in [4.69, 9.17) is 9.52 Å². The molecule has 1 amide bonds. The Bertz CT molecular complexity index is 983. The van der Waals surface area contributed by atoms with Crippen molar-refractivity contribution in [2.24, 2.45) is 5.92 Å². The third-order valence-corrected chi connectivity index (χ3v) is 3.96. The lowest BCUT2D eigenvalue weighted by Gasteiger charge is -2.03. The zero-order valence-electron chi connectivity index (χ0n) is 12.8. The summed E-state index contributed by atoms with van der Waals surface area (Å²) in [4.78, 5) is 31.0. The van der Waals surface area contributed by atoms with Gasteiger partial charge in [0.05, 0.1) is 17.2 Å². The average Bonchev–Trinajstić information content (AvgIpc) is 3.17. The lowest BCUT2D eigenvalue weighted by Crippen LogP contribution is -2.15. The molecule has 3 aromatic rings. The average molecular weight is 341 g/mol. The SMILES string of the molecule is O=C(O)c1ccc(-c2nc3c(NC(=O)[C@H]4C[C@@H]4F)cccc3o2)cn1. The lowest BCUT2D eigenvalue weighted by molar-refractivity contribution is -0.117. The standard InChI is InChI=1S/C17H12FN3O4/c18-10-6-9(10)15(22)20-11-2-1-3-13-14(11)21-16(25-13)8-4-5-12(17(23)24)19-7-8/h1-5,7,9-10H,6H2,(H,20,22)(H,23,24)/t9-,10-/m0/s1. The van der Waals surface area contributed by atoms with Crippen molar-refractivity contribution in [3.05, 3.63) is 42.2 Å².